The van der Waals surface area contributed by atoms with E-state index in [9.17, 15) is 0 Å². The van der Waals surface area contributed by atoms with Crippen LogP contribution in [0.3, 0.4) is 0 Å². The molecule has 1 spiro atoms. The van der Waals surface area contributed by atoms with Crippen LogP contribution < -0.4 is 4.90 Å². The zero-order valence-corrected chi connectivity index (χ0v) is 12.8. The molecule has 2 unspecified atom stereocenters. The Kier molecular flexibility index (Phi) is 3.67. The van der Waals surface area contributed by atoms with Crippen LogP contribution in [0.15, 0.2) is 12.3 Å². The third kappa shape index (κ3) is 2.10. The van der Waals surface area contributed by atoms with Gasteiger partial charge < -0.3 is 9.64 Å². The van der Waals surface area contributed by atoms with Gasteiger partial charge >= 0.3 is 0 Å². The number of ether oxygens (including phenoxy) is 1. The third-order valence-electron chi connectivity index (χ3n) is 5.21. The summed E-state index contributed by atoms with van der Waals surface area (Å²) in [5.41, 5.74) is 1.38. The summed E-state index contributed by atoms with van der Waals surface area (Å²) in [7, 11) is 2.14. The lowest BCUT2D eigenvalue weighted by Crippen LogP contribution is -2.63. The first-order valence-corrected chi connectivity index (χ1v) is 7.81. The van der Waals surface area contributed by atoms with E-state index in [0.717, 1.165) is 24.7 Å². The van der Waals surface area contributed by atoms with Crippen LogP contribution in [-0.2, 0) is 4.74 Å². The standard InChI is InChI=1S/C16H25N3O/c1-4-20-14-11-13(16(14)8-5-6-9-16)19(3)15-17-10-7-12(2)18-15/h7,10,13-14H,4-6,8-9,11H2,1-3H3. The number of nitrogens with zero attached hydrogens (tertiary/aromatic N) is 3. The topological polar surface area (TPSA) is 38.2 Å². The van der Waals surface area contributed by atoms with Crippen molar-refractivity contribution in [3.63, 3.8) is 0 Å². The van der Waals surface area contributed by atoms with E-state index in [4.69, 9.17) is 4.74 Å². The molecule has 0 aliphatic heterocycles. The predicted octanol–water partition coefficient (Wildman–Crippen LogP) is 2.96. The van der Waals surface area contributed by atoms with Crippen molar-refractivity contribution in [2.45, 2.75) is 58.1 Å². The molecule has 1 aromatic heterocycles. The quantitative estimate of drug-likeness (QED) is 0.847. The molecule has 2 saturated carbocycles. The monoisotopic (exact) mass is 275 g/mol. The highest BCUT2D eigenvalue weighted by molar-refractivity contribution is 5.35. The van der Waals surface area contributed by atoms with Gasteiger partial charge in [0, 0.05) is 37.0 Å². The number of aryl methyl sites for hydroxylation is 1. The van der Waals surface area contributed by atoms with Gasteiger partial charge in [0.25, 0.3) is 0 Å². The minimum atomic E-state index is 0.345. The van der Waals surface area contributed by atoms with Crippen molar-refractivity contribution in [1.29, 1.82) is 0 Å². The van der Waals surface area contributed by atoms with E-state index in [-0.39, 0.29) is 0 Å². The first kappa shape index (κ1) is 13.8. The molecule has 0 radical (unpaired) electrons. The van der Waals surface area contributed by atoms with Crippen molar-refractivity contribution in [3.8, 4) is 0 Å². The lowest BCUT2D eigenvalue weighted by Gasteiger charge is -2.57. The molecule has 2 aliphatic rings. The third-order valence-corrected chi connectivity index (χ3v) is 5.21. The molecule has 2 atom stereocenters. The highest BCUT2D eigenvalue weighted by Crippen LogP contribution is 2.56. The highest BCUT2D eigenvalue weighted by atomic mass is 16.5. The molecule has 1 heterocycles. The van der Waals surface area contributed by atoms with E-state index >= 15 is 0 Å². The summed E-state index contributed by atoms with van der Waals surface area (Å²) in [4.78, 5) is 11.3. The van der Waals surface area contributed by atoms with Gasteiger partial charge in [0.05, 0.1) is 6.10 Å². The van der Waals surface area contributed by atoms with E-state index in [0.29, 0.717) is 17.6 Å². The summed E-state index contributed by atoms with van der Waals surface area (Å²) < 4.78 is 5.99. The Morgan fingerprint density at radius 1 is 1.40 bits per heavy atom. The van der Waals surface area contributed by atoms with E-state index in [1.807, 2.05) is 19.2 Å². The second-order valence-corrected chi connectivity index (χ2v) is 6.24. The first-order valence-electron chi connectivity index (χ1n) is 7.81. The number of aromatic nitrogens is 2. The number of hydrogen-bond donors (Lipinski definition) is 0. The van der Waals surface area contributed by atoms with Gasteiger partial charge in [0.15, 0.2) is 0 Å². The van der Waals surface area contributed by atoms with Crippen LogP contribution in [-0.4, -0.2) is 35.8 Å². The number of hydrogen-bond acceptors (Lipinski definition) is 4. The second kappa shape index (κ2) is 5.32. The van der Waals surface area contributed by atoms with Crippen LogP contribution in [0.4, 0.5) is 5.95 Å². The van der Waals surface area contributed by atoms with Gasteiger partial charge in [-0.15, -0.1) is 0 Å². The maximum atomic E-state index is 5.99. The van der Waals surface area contributed by atoms with Gasteiger partial charge in [0.1, 0.15) is 0 Å². The van der Waals surface area contributed by atoms with E-state index in [2.05, 4.69) is 28.8 Å². The number of rotatable bonds is 4. The second-order valence-electron chi connectivity index (χ2n) is 6.24. The highest BCUT2D eigenvalue weighted by Gasteiger charge is 2.58. The SMILES string of the molecule is CCOC1CC(N(C)c2nccc(C)n2)C12CCCC2. The van der Waals surface area contributed by atoms with E-state index in [1.165, 1.54) is 25.7 Å². The maximum Gasteiger partial charge on any atom is 0.225 e. The smallest absolute Gasteiger partial charge is 0.225 e. The normalized spacial score (nSPS) is 27.6. The molecule has 2 fully saturated rings. The van der Waals surface area contributed by atoms with Crippen molar-refractivity contribution >= 4 is 5.95 Å². The fraction of sp³-hybridized carbons (Fsp3) is 0.750. The van der Waals surface area contributed by atoms with Crippen molar-refractivity contribution in [3.05, 3.63) is 18.0 Å². The molecule has 4 heteroatoms. The molecular weight excluding hydrogens is 250 g/mol. The lowest BCUT2D eigenvalue weighted by molar-refractivity contribution is -0.121. The van der Waals surface area contributed by atoms with E-state index < -0.39 is 0 Å². The molecule has 20 heavy (non-hydrogen) atoms. The van der Waals surface area contributed by atoms with Crippen LogP contribution in [0.2, 0.25) is 0 Å². The van der Waals surface area contributed by atoms with Crippen LogP contribution >= 0.6 is 0 Å². The van der Waals surface area contributed by atoms with E-state index in [1.54, 1.807) is 0 Å². The number of anilines is 1. The summed E-state index contributed by atoms with van der Waals surface area (Å²) in [5.74, 6) is 0.858. The Balaban J connectivity index is 1.80. The summed E-state index contributed by atoms with van der Waals surface area (Å²) in [6.07, 6.45) is 8.66. The van der Waals surface area contributed by atoms with Crippen molar-refractivity contribution in [1.82, 2.24) is 9.97 Å². The molecule has 0 N–H and O–H groups in total. The molecule has 0 aromatic carbocycles. The predicted molar refractivity (Wildman–Crippen MR) is 79.9 cm³/mol. The Bertz CT molecular complexity index is 471. The van der Waals surface area contributed by atoms with Gasteiger partial charge in [0.2, 0.25) is 5.95 Å². The summed E-state index contributed by atoms with van der Waals surface area (Å²) in [6.45, 7) is 4.95. The molecule has 0 saturated heterocycles. The summed E-state index contributed by atoms with van der Waals surface area (Å²) in [5, 5.41) is 0. The Morgan fingerprint density at radius 3 is 2.80 bits per heavy atom. The van der Waals surface area contributed by atoms with Gasteiger partial charge in [-0.1, -0.05) is 12.8 Å². The molecule has 0 bridgehead atoms. The fourth-order valence-corrected chi connectivity index (χ4v) is 4.14. The molecule has 2 aliphatic carbocycles. The van der Waals surface area contributed by atoms with Crippen molar-refractivity contribution < 1.29 is 4.74 Å². The van der Waals surface area contributed by atoms with Crippen LogP contribution in [0.25, 0.3) is 0 Å². The Labute approximate surface area is 121 Å². The summed E-state index contributed by atoms with van der Waals surface area (Å²) >= 11 is 0. The van der Waals surface area contributed by atoms with Gasteiger partial charge in [-0.3, -0.25) is 0 Å². The van der Waals surface area contributed by atoms with Crippen molar-refractivity contribution in [2.75, 3.05) is 18.6 Å². The first-order chi connectivity index (χ1) is 9.67. The van der Waals surface area contributed by atoms with Gasteiger partial charge in [-0.05, 0) is 39.2 Å². The summed E-state index contributed by atoms with van der Waals surface area (Å²) in [6, 6.07) is 2.48. The van der Waals surface area contributed by atoms with Crippen LogP contribution in [0.1, 0.15) is 44.7 Å². The zero-order valence-electron chi connectivity index (χ0n) is 12.8. The maximum absolute atomic E-state index is 5.99. The Hall–Kier alpha value is -1.16. The minimum Gasteiger partial charge on any atom is -0.378 e. The van der Waals surface area contributed by atoms with Crippen LogP contribution in [0.5, 0.6) is 0 Å². The van der Waals surface area contributed by atoms with Crippen molar-refractivity contribution in [2.24, 2.45) is 5.41 Å². The lowest BCUT2D eigenvalue weighted by atomic mass is 9.60. The zero-order chi connectivity index (χ0) is 14.2. The largest absolute Gasteiger partial charge is 0.378 e. The molecular formula is C16H25N3O. The van der Waals surface area contributed by atoms with Crippen LogP contribution in [0, 0.1) is 12.3 Å². The molecule has 3 rings (SSSR count). The minimum absolute atomic E-state index is 0.345. The average Bonchev–Trinajstić information content (AvgIpc) is 2.95. The average molecular weight is 275 g/mol. The molecule has 110 valence electrons. The Morgan fingerprint density at radius 2 is 2.15 bits per heavy atom. The fourth-order valence-electron chi connectivity index (χ4n) is 4.14. The molecule has 1 aromatic rings. The molecule has 4 nitrogen and oxygen atoms in total. The molecule has 0 amide bonds. The van der Waals surface area contributed by atoms with Gasteiger partial charge in [-0.2, -0.15) is 0 Å². The van der Waals surface area contributed by atoms with Gasteiger partial charge in [-0.25, -0.2) is 9.97 Å².